The van der Waals surface area contributed by atoms with Gasteiger partial charge in [-0.1, -0.05) is 24.3 Å². The molecular formula is C18H13F2N3O3S. The lowest BCUT2D eigenvalue weighted by atomic mass is 10.1. The first kappa shape index (κ1) is 17.4. The maximum absolute atomic E-state index is 13.2. The van der Waals surface area contributed by atoms with Crippen LogP contribution in [0.25, 0.3) is 27.9 Å². The maximum atomic E-state index is 13.2. The summed E-state index contributed by atoms with van der Waals surface area (Å²) in [7, 11) is -3.86. The molecular weight excluding hydrogens is 376 g/mol. The van der Waals surface area contributed by atoms with Gasteiger partial charge >= 0.3 is 0 Å². The number of hydrogen-bond acceptors (Lipinski definition) is 4. The highest BCUT2D eigenvalue weighted by atomic mass is 32.2. The maximum Gasteiger partial charge on any atom is 0.282 e. The summed E-state index contributed by atoms with van der Waals surface area (Å²) in [4.78, 5) is -0.0857. The quantitative estimate of drug-likeness (QED) is 0.574. The molecule has 0 atom stereocenters. The van der Waals surface area contributed by atoms with Crippen LogP contribution in [-0.2, 0) is 10.0 Å². The summed E-state index contributed by atoms with van der Waals surface area (Å²) >= 11 is 0. The van der Waals surface area contributed by atoms with E-state index in [0.29, 0.717) is 17.1 Å². The lowest BCUT2D eigenvalue weighted by Crippen LogP contribution is -2.12. The number of furan rings is 1. The molecule has 6 nitrogen and oxygen atoms in total. The van der Waals surface area contributed by atoms with Crippen molar-refractivity contribution >= 4 is 20.8 Å². The molecule has 2 aromatic heterocycles. The van der Waals surface area contributed by atoms with Crippen molar-refractivity contribution in [1.29, 1.82) is 0 Å². The third-order valence-corrected chi connectivity index (χ3v) is 5.03. The van der Waals surface area contributed by atoms with E-state index in [-0.39, 0.29) is 4.90 Å². The van der Waals surface area contributed by atoms with Gasteiger partial charge in [0.05, 0.1) is 16.8 Å². The molecule has 9 heteroatoms. The zero-order valence-electron chi connectivity index (χ0n) is 13.7. The minimum Gasteiger partial charge on any atom is -0.461 e. The minimum absolute atomic E-state index is 0.0857. The predicted octanol–water partition coefficient (Wildman–Crippen LogP) is 3.87. The van der Waals surface area contributed by atoms with Crippen molar-refractivity contribution in [3.05, 3.63) is 66.6 Å². The molecule has 0 unspecified atom stereocenters. The van der Waals surface area contributed by atoms with Crippen molar-refractivity contribution in [3.63, 3.8) is 0 Å². The Morgan fingerprint density at radius 1 is 1.07 bits per heavy atom. The first-order valence-electron chi connectivity index (χ1n) is 7.82. The van der Waals surface area contributed by atoms with E-state index in [1.807, 2.05) is 24.3 Å². The Hall–Kier alpha value is -3.04. The van der Waals surface area contributed by atoms with E-state index in [0.717, 1.165) is 10.8 Å². The third kappa shape index (κ3) is 3.11. The van der Waals surface area contributed by atoms with Crippen LogP contribution in [0.15, 0.2) is 70.2 Å². The zero-order chi connectivity index (χ0) is 19.2. The van der Waals surface area contributed by atoms with E-state index < -0.39 is 22.1 Å². The molecule has 0 spiro atoms. The number of benzene rings is 2. The minimum atomic E-state index is -3.86. The molecule has 4 aromatic rings. The fourth-order valence-corrected chi connectivity index (χ4v) is 3.35. The highest BCUT2D eigenvalue weighted by Gasteiger charge is 2.21. The van der Waals surface area contributed by atoms with Gasteiger partial charge in [0.15, 0.2) is 5.76 Å². The van der Waals surface area contributed by atoms with E-state index in [4.69, 9.17) is 9.56 Å². The van der Waals surface area contributed by atoms with Crippen LogP contribution in [0, 0.1) is 0 Å². The SMILES string of the molecule is NS(=O)(=O)c1ccc(-n2nc(C(F)F)cc2-c2occ3ccccc23)cc1. The molecule has 0 fully saturated rings. The highest BCUT2D eigenvalue weighted by Crippen LogP contribution is 2.34. The van der Waals surface area contributed by atoms with Crippen LogP contribution >= 0.6 is 0 Å². The second kappa shape index (κ2) is 6.29. The molecule has 0 saturated heterocycles. The standard InChI is InChI=1S/C18H13F2N3O3S/c19-18(20)15-9-16(17-14-4-2-1-3-11(14)10-26-17)23(22-15)12-5-7-13(8-6-12)27(21,24)25/h1-10,18H,(H2,21,24,25). The van der Waals surface area contributed by atoms with Crippen molar-refractivity contribution in [2.45, 2.75) is 11.3 Å². The van der Waals surface area contributed by atoms with Gasteiger partial charge in [-0.2, -0.15) is 5.10 Å². The first-order chi connectivity index (χ1) is 12.8. The average Bonchev–Trinajstić information content (AvgIpc) is 3.25. The molecule has 0 aliphatic heterocycles. The van der Waals surface area contributed by atoms with Gasteiger partial charge in [-0.15, -0.1) is 0 Å². The summed E-state index contributed by atoms with van der Waals surface area (Å²) in [5, 5.41) is 10.6. The van der Waals surface area contributed by atoms with Crippen molar-refractivity contribution in [2.24, 2.45) is 5.14 Å². The zero-order valence-corrected chi connectivity index (χ0v) is 14.5. The van der Waals surface area contributed by atoms with Gasteiger partial charge in [-0.05, 0) is 30.3 Å². The van der Waals surface area contributed by atoms with E-state index in [1.54, 1.807) is 0 Å². The van der Waals surface area contributed by atoms with E-state index >= 15 is 0 Å². The van der Waals surface area contributed by atoms with Gasteiger partial charge in [0, 0.05) is 10.8 Å². The van der Waals surface area contributed by atoms with Crippen LogP contribution < -0.4 is 5.14 Å². The van der Waals surface area contributed by atoms with Crippen LogP contribution in [0.1, 0.15) is 12.1 Å². The molecule has 2 heterocycles. The normalized spacial score (nSPS) is 12.1. The van der Waals surface area contributed by atoms with Crippen LogP contribution in [0.2, 0.25) is 0 Å². The smallest absolute Gasteiger partial charge is 0.282 e. The summed E-state index contributed by atoms with van der Waals surface area (Å²) in [6.07, 6.45) is -1.23. The second-order valence-electron chi connectivity index (χ2n) is 5.86. The molecule has 4 rings (SSSR count). The lowest BCUT2D eigenvalue weighted by Gasteiger charge is -2.07. The molecule has 2 aromatic carbocycles. The van der Waals surface area contributed by atoms with E-state index in [2.05, 4.69) is 5.10 Å². The lowest BCUT2D eigenvalue weighted by molar-refractivity contribution is 0.145. The Kier molecular flexibility index (Phi) is 4.05. The van der Waals surface area contributed by atoms with Gasteiger partial charge in [0.2, 0.25) is 10.0 Å². The van der Waals surface area contributed by atoms with Gasteiger partial charge in [0.25, 0.3) is 6.43 Å². The fraction of sp³-hybridized carbons (Fsp3) is 0.0556. The topological polar surface area (TPSA) is 91.1 Å². The number of aromatic nitrogens is 2. The summed E-state index contributed by atoms with van der Waals surface area (Å²) < 4.78 is 56.2. The largest absolute Gasteiger partial charge is 0.461 e. The van der Waals surface area contributed by atoms with Crippen LogP contribution in [0.3, 0.4) is 0 Å². The second-order valence-corrected chi connectivity index (χ2v) is 7.42. The predicted molar refractivity (Wildman–Crippen MR) is 95.1 cm³/mol. The molecule has 2 N–H and O–H groups in total. The number of alkyl halides is 2. The number of hydrogen-bond donors (Lipinski definition) is 1. The van der Waals surface area contributed by atoms with Crippen molar-refractivity contribution in [2.75, 3.05) is 0 Å². The molecule has 138 valence electrons. The Morgan fingerprint density at radius 3 is 2.44 bits per heavy atom. The summed E-state index contributed by atoms with van der Waals surface area (Å²) in [6, 6.07) is 14.0. The molecule has 0 bridgehead atoms. The Morgan fingerprint density at radius 2 is 1.78 bits per heavy atom. The summed E-state index contributed by atoms with van der Waals surface area (Å²) in [5.41, 5.74) is 0.306. The molecule has 0 amide bonds. The Labute approximate surface area is 152 Å². The Balaban J connectivity index is 1.90. The van der Waals surface area contributed by atoms with Crippen LogP contribution in [-0.4, -0.2) is 18.2 Å². The number of fused-ring (bicyclic) bond motifs is 1. The molecule has 27 heavy (non-hydrogen) atoms. The van der Waals surface area contributed by atoms with Crippen molar-refractivity contribution in [1.82, 2.24) is 9.78 Å². The van der Waals surface area contributed by atoms with Gasteiger partial charge in [-0.25, -0.2) is 27.0 Å². The molecule has 0 aliphatic rings. The van der Waals surface area contributed by atoms with Gasteiger partial charge in [-0.3, -0.25) is 0 Å². The fourth-order valence-electron chi connectivity index (χ4n) is 2.83. The Bertz CT molecular complexity index is 1230. The first-order valence-corrected chi connectivity index (χ1v) is 9.37. The highest BCUT2D eigenvalue weighted by molar-refractivity contribution is 7.89. The van der Waals surface area contributed by atoms with Crippen LogP contribution in [0.5, 0.6) is 0 Å². The van der Waals surface area contributed by atoms with E-state index in [1.165, 1.54) is 41.3 Å². The number of nitrogens with zero attached hydrogens (tertiary/aromatic N) is 2. The molecule has 0 aliphatic carbocycles. The number of rotatable bonds is 4. The number of halogens is 2. The van der Waals surface area contributed by atoms with Gasteiger partial charge < -0.3 is 4.42 Å². The third-order valence-electron chi connectivity index (χ3n) is 4.10. The van der Waals surface area contributed by atoms with Crippen molar-refractivity contribution < 1.29 is 21.6 Å². The molecule has 0 radical (unpaired) electrons. The van der Waals surface area contributed by atoms with Gasteiger partial charge in [0.1, 0.15) is 11.4 Å². The molecule has 0 saturated carbocycles. The number of sulfonamides is 1. The van der Waals surface area contributed by atoms with Crippen molar-refractivity contribution in [3.8, 4) is 17.1 Å². The van der Waals surface area contributed by atoms with Crippen LogP contribution in [0.4, 0.5) is 8.78 Å². The average molecular weight is 389 g/mol. The number of primary sulfonamides is 1. The number of nitrogens with two attached hydrogens (primary N) is 1. The summed E-state index contributed by atoms with van der Waals surface area (Å²) in [6.45, 7) is 0. The summed E-state index contributed by atoms with van der Waals surface area (Å²) in [5.74, 6) is 0.389. The monoisotopic (exact) mass is 389 g/mol. The van der Waals surface area contributed by atoms with E-state index in [9.17, 15) is 17.2 Å².